The van der Waals surface area contributed by atoms with E-state index in [2.05, 4.69) is 17.2 Å². The maximum Gasteiger partial charge on any atom is 0.408 e. The summed E-state index contributed by atoms with van der Waals surface area (Å²) in [4.78, 5) is 40.5. The van der Waals surface area contributed by atoms with Crippen LogP contribution in [-0.2, 0) is 14.3 Å². The summed E-state index contributed by atoms with van der Waals surface area (Å²) < 4.78 is 5.24. The number of nitrogens with one attached hydrogen (secondary N) is 2. The predicted molar refractivity (Wildman–Crippen MR) is 140 cm³/mol. The summed E-state index contributed by atoms with van der Waals surface area (Å²) in [7, 11) is 0. The Morgan fingerprint density at radius 3 is 2.47 bits per heavy atom. The third-order valence-electron chi connectivity index (χ3n) is 5.12. The number of nitriles is 1. The smallest absolute Gasteiger partial charge is 0.408 e. The van der Waals surface area contributed by atoms with Crippen molar-refractivity contribution in [3.63, 3.8) is 0 Å². The number of halogens is 1. The Labute approximate surface area is 216 Å². The number of carbonyl (C=O) groups excluding carboxylic acids is 3. The standard InChI is InChI=1S/C27H31ClN4O4/c1-7-19-11-9-12-20(16-19)23(24(33)31-22-17(2)10-8-13-21(22)28)32(15-14-29)25(34)18(3)30-26(35)36-27(4,5)6/h7-13,16,18,23H,1,15H2,2-6H3,(H,30,35)(H,31,33). The van der Waals surface area contributed by atoms with Gasteiger partial charge in [-0.05, 0) is 63.4 Å². The first-order chi connectivity index (χ1) is 16.9. The van der Waals surface area contributed by atoms with Crippen LogP contribution >= 0.6 is 11.6 Å². The van der Waals surface area contributed by atoms with E-state index in [1.165, 1.54) is 6.92 Å². The van der Waals surface area contributed by atoms with E-state index in [-0.39, 0.29) is 0 Å². The Kier molecular flexibility index (Phi) is 9.65. The van der Waals surface area contributed by atoms with E-state index in [1.807, 2.05) is 6.07 Å². The summed E-state index contributed by atoms with van der Waals surface area (Å²) in [5, 5.41) is 15.2. The fourth-order valence-corrected chi connectivity index (χ4v) is 3.75. The van der Waals surface area contributed by atoms with E-state index >= 15 is 0 Å². The molecule has 0 saturated carbocycles. The van der Waals surface area contributed by atoms with Gasteiger partial charge in [0.05, 0.1) is 16.8 Å². The topological polar surface area (TPSA) is 112 Å². The lowest BCUT2D eigenvalue weighted by atomic mass is 10.00. The average Bonchev–Trinajstić information content (AvgIpc) is 2.79. The highest BCUT2D eigenvalue weighted by Crippen LogP contribution is 2.29. The highest BCUT2D eigenvalue weighted by Gasteiger charge is 2.35. The lowest BCUT2D eigenvalue weighted by Crippen LogP contribution is -2.51. The maximum absolute atomic E-state index is 13.7. The summed E-state index contributed by atoms with van der Waals surface area (Å²) in [5.41, 5.74) is 1.55. The fourth-order valence-electron chi connectivity index (χ4n) is 3.48. The monoisotopic (exact) mass is 510 g/mol. The number of alkyl carbamates (subject to hydrolysis) is 1. The van der Waals surface area contributed by atoms with Gasteiger partial charge < -0.3 is 20.3 Å². The number of para-hydroxylation sites is 1. The number of nitrogens with zero attached hydrogens (tertiary/aromatic N) is 2. The largest absolute Gasteiger partial charge is 0.444 e. The van der Waals surface area contributed by atoms with Crippen LogP contribution in [0.4, 0.5) is 10.5 Å². The molecular weight excluding hydrogens is 480 g/mol. The van der Waals surface area contributed by atoms with Gasteiger partial charge in [-0.2, -0.15) is 5.26 Å². The van der Waals surface area contributed by atoms with Gasteiger partial charge in [-0.25, -0.2) is 4.79 Å². The molecule has 0 aliphatic carbocycles. The van der Waals surface area contributed by atoms with Crippen molar-refractivity contribution in [2.45, 2.75) is 52.3 Å². The first-order valence-corrected chi connectivity index (χ1v) is 11.7. The maximum atomic E-state index is 13.7. The number of benzene rings is 2. The zero-order valence-electron chi connectivity index (χ0n) is 21.1. The fraction of sp³-hybridized carbons (Fsp3) is 0.333. The van der Waals surface area contributed by atoms with Crippen LogP contribution in [0.3, 0.4) is 0 Å². The molecule has 0 heterocycles. The van der Waals surface area contributed by atoms with E-state index in [0.29, 0.717) is 16.3 Å². The summed E-state index contributed by atoms with van der Waals surface area (Å²) in [5.74, 6) is -1.21. The van der Waals surface area contributed by atoms with Crippen LogP contribution in [0.25, 0.3) is 6.08 Å². The molecule has 8 nitrogen and oxygen atoms in total. The first kappa shape index (κ1) is 28.4. The number of anilines is 1. The summed E-state index contributed by atoms with van der Waals surface area (Å²) in [6, 6.07) is 11.8. The van der Waals surface area contributed by atoms with Crippen LogP contribution in [0, 0.1) is 18.3 Å². The lowest BCUT2D eigenvalue weighted by molar-refractivity contribution is -0.139. The van der Waals surface area contributed by atoms with Gasteiger partial charge in [-0.1, -0.05) is 54.6 Å². The molecule has 0 bridgehead atoms. The van der Waals surface area contributed by atoms with Crippen LogP contribution < -0.4 is 10.6 Å². The number of rotatable bonds is 8. The molecule has 9 heteroatoms. The van der Waals surface area contributed by atoms with Crippen LogP contribution in [-0.4, -0.2) is 41.0 Å². The molecule has 2 N–H and O–H groups in total. The molecule has 2 atom stereocenters. The first-order valence-electron chi connectivity index (χ1n) is 11.3. The van der Waals surface area contributed by atoms with Crippen LogP contribution in [0.5, 0.6) is 0 Å². The minimum atomic E-state index is -1.20. The molecule has 0 saturated heterocycles. The Bertz CT molecular complexity index is 1160. The molecule has 190 valence electrons. The molecule has 0 aromatic heterocycles. The summed E-state index contributed by atoms with van der Waals surface area (Å²) in [6.07, 6.45) is 0.821. The number of amides is 3. The van der Waals surface area contributed by atoms with Gasteiger partial charge in [-0.3, -0.25) is 9.59 Å². The molecule has 0 aliphatic rings. The Hall–Kier alpha value is -3.83. The molecule has 0 aliphatic heterocycles. The van der Waals surface area contributed by atoms with Crippen molar-refractivity contribution in [1.29, 1.82) is 5.26 Å². The van der Waals surface area contributed by atoms with E-state index in [9.17, 15) is 19.6 Å². The van der Waals surface area contributed by atoms with Gasteiger partial charge in [0.1, 0.15) is 24.2 Å². The highest BCUT2D eigenvalue weighted by molar-refractivity contribution is 6.34. The normalized spacial score (nSPS) is 12.5. The molecular formula is C27H31ClN4O4. The van der Waals surface area contributed by atoms with E-state index < -0.39 is 42.1 Å². The molecule has 0 fully saturated rings. The van der Waals surface area contributed by atoms with Crippen molar-refractivity contribution >= 4 is 41.3 Å². The summed E-state index contributed by atoms with van der Waals surface area (Å²) in [6.45, 7) is 11.7. The number of aryl methyl sites for hydroxylation is 1. The average molecular weight is 511 g/mol. The number of carbonyl (C=O) groups is 3. The second-order valence-electron chi connectivity index (χ2n) is 9.19. The van der Waals surface area contributed by atoms with Crippen molar-refractivity contribution in [3.05, 3.63) is 70.8 Å². The molecule has 0 radical (unpaired) electrons. The molecule has 0 spiro atoms. The highest BCUT2D eigenvalue weighted by atomic mass is 35.5. The third-order valence-corrected chi connectivity index (χ3v) is 5.44. The zero-order valence-corrected chi connectivity index (χ0v) is 21.8. The Balaban J connectivity index is 2.49. The molecule has 2 aromatic carbocycles. The van der Waals surface area contributed by atoms with Crippen LogP contribution in [0.15, 0.2) is 49.0 Å². The van der Waals surface area contributed by atoms with Crippen molar-refractivity contribution < 1.29 is 19.1 Å². The van der Waals surface area contributed by atoms with Gasteiger partial charge >= 0.3 is 6.09 Å². The zero-order chi connectivity index (χ0) is 27.0. The number of ether oxygens (including phenoxy) is 1. The predicted octanol–water partition coefficient (Wildman–Crippen LogP) is 5.24. The summed E-state index contributed by atoms with van der Waals surface area (Å²) >= 11 is 6.31. The van der Waals surface area contributed by atoms with Crippen molar-refractivity contribution in [3.8, 4) is 6.07 Å². The van der Waals surface area contributed by atoms with E-state index in [1.54, 1.807) is 76.2 Å². The molecule has 2 rings (SSSR count). The molecule has 2 aromatic rings. The van der Waals surface area contributed by atoms with Gasteiger partial charge in [0, 0.05) is 0 Å². The van der Waals surface area contributed by atoms with E-state index in [0.717, 1.165) is 16.0 Å². The molecule has 36 heavy (non-hydrogen) atoms. The molecule has 3 amide bonds. The number of hydrogen-bond donors (Lipinski definition) is 2. The Morgan fingerprint density at radius 2 is 1.89 bits per heavy atom. The van der Waals surface area contributed by atoms with Crippen LogP contribution in [0.1, 0.15) is 50.4 Å². The SMILES string of the molecule is C=Cc1cccc(C(C(=O)Nc2c(C)cccc2Cl)N(CC#N)C(=O)C(C)NC(=O)OC(C)(C)C)c1. The minimum Gasteiger partial charge on any atom is -0.444 e. The quantitative estimate of drug-likeness (QED) is 0.472. The second kappa shape index (κ2) is 12.2. The Morgan fingerprint density at radius 1 is 1.22 bits per heavy atom. The van der Waals surface area contributed by atoms with Gasteiger partial charge in [0.2, 0.25) is 5.91 Å². The minimum absolute atomic E-state index is 0.333. The van der Waals surface area contributed by atoms with Crippen molar-refractivity contribution in [2.75, 3.05) is 11.9 Å². The van der Waals surface area contributed by atoms with Gasteiger partial charge in [-0.15, -0.1) is 0 Å². The third kappa shape index (κ3) is 7.59. The van der Waals surface area contributed by atoms with E-state index in [4.69, 9.17) is 16.3 Å². The van der Waals surface area contributed by atoms with Gasteiger partial charge in [0.15, 0.2) is 0 Å². The number of hydrogen-bond acceptors (Lipinski definition) is 5. The molecule has 2 unspecified atom stereocenters. The van der Waals surface area contributed by atoms with Crippen molar-refractivity contribution in [1.82, 2.24) is 10.2 Å². The van der Waals surface area contributed by atoms with Gasteiger partial charge in [0.25, 0.3) is 5.91 Å². The van der Waals surface area contributed by atoms with Crippen molar-refractivity contribution in [2.24, 2.45) is 0 Å². The second-order valence-corrected chi connectivity index (χ2v) is 9.60. The van der Waals surface area contributed by atoms with Crippen LogP contribution in [0.2, 0.25) is 5.02 Å². The lowest BCUT2D eigenvalue weighted by Gasteiger charge is -2.32.